The number of nitrogens with one attached hydrogen (secondary N) is 1. The smallest absolute Gasteiger partial charge is 0.358 e. The van der Waals surface area contributed by atoms with Crippen molar-refractivity contribution in [2.75, 3.05) is 13.1 Å². The van der Waals surface area contributed by atoms with Crippen LogP contribution >= 0.6 is 0 Å². The monoisotopic (exact) mass is 213 g/mol. The first-order chi connectivity index (χ1) is 7.13. The van der Waals surface area contributed by atoms with Crippen LogP contribution in [0.3, 0.4) is 0 Å². The quantitative estimate of drug-likeness (QED) is 0.522. The van der Waals surface area contributed by atoms with E-state index < -0.39 is 5.97 Å². The van der Waals surface area contributed by atoms with E-state index in [9.17, 15) is 9.59 Å². The van der Waals surface area contributed by atoms with Crippen LogP contribution in [0.1, 0.15) is 10.5 Å². The summed E-state index contributed by atoms with van der Waals surface area (Å²) in [6, 6.07) is 0. The molecule has 0 aliphatic carbocycles. The second-order valence-corrected chi connectivity index (χ2v) is 2.73. The van der Waals surface area contributed by atoms with Gasteiger partial charge in [-0.2, -0.15) is 0 Å². The van der Waals surface area contributed by atoms with E-state index in [0.29, 0.717) is 13.1 Å². The third-order valence-electron chi connectivity index (χ3n) is 1.61. The van der Waals surface area contributed by atoms with Gasteiger partial charge >= 0.3 is 5.97 Å². The van der Waals surface area contributed by atoms with Crippen molar-refractivity contribution in [3.63, 3.8) is 0 Å². The lowest BCUT2D eigenvalue weighted by atomic mass is 10.5. The fourth-order valence-corrected chi connectivity index (χ4v) is 0.888. The van der Waals surface area contributed by atoms with Gasteiger partial charge in [-0.05, 0) is 0 Å². The van der Waals surface area contributed by atoms with Crippen LogP contribution in [0.5, 0.6) is 0 Å². The molecule has 8 nitrogen and oxygen atoms in total. The molecular weight excluding hydrogens is 202 g/mol. The minimum absolute atomic E-state index is 0.0717. The topological polar surface area (TPSA) is 123 Å². The molecule has 1 amide bonds. The number of nitrogens with two attached hydrogens (primary N) is 1. The van der Waals surface area contributed by atoms with Crippen LogP contribution in [-0.4, -0.2) is 45.1 Å². The van der Waals surface area contributed by atoms with E-state index in [0.717, 1.165) is 0 Å². The van der Waals surface area contributed by atoms with E-state index in [1.165, 1.54) is 10.9 Å². The van der Waals surface area contributed by atoms with Crippen LogP contribution < -0.4 is 11.1 Å². The molecule has 15 heavy (non-hydrogen) atoms. The number of rotatable bonds is 5. The molecule has 0 aromatic carbocycles. The number of carboxylic acids is 1. The summed E-state index contributed by atoms with van der Waals surface area (Å²) in [7, 11) is 0. The number of carbonyl (C=O) groups is 2. The van der Waals surface area contributed by atoms with Crippen molar-refractivity contribution in [3.05, 3.63) is 11.9 Å². The number of carbonyl (C=O) groups excluding carboxylic acids is 1. The molecule has 1 aromatic rings. The number of hydrogen-bond acceptors (Lipinski definition) is 5. The molecule has 1 aromatic heterocycles. The van der Waals surface area contributed by atoms with Gasteiger partial charge in [-0.3, -0.25) is 4.79 Å². The molecule has 4 N–H and O–H groups in total. The summed E-state index contributed by atoms with van der Waals surface area (Å²) < 4.78 is 1.33. The first-order valence-corrected chi connectivity index (χ1v) is 4.23. The highest BCUT2D eigenvalue weighted by Crippen LogP contribution is 1.91. The number of hydrogen-bond donors (Lipinski definition) is 3. The fourth-order valence-electron chi connectivity index (χ4n) is 0.888. The maximum absolute atomic E-state index is 10.7. The van der Waals surface area contributed by atoms with Gasteiger partial charge in [0.05, 0.1) is 19.3 Å². The van der Waals surface area contributed by atoms with Crippen LogP contribution in [-0.2, 0) is 11.3 Å². The Labute approximate surface area is 85.1 Å². The van der Waals surface area contributed by atoms with Gasteiger partial charge in [0.1, 0.15) is 0 Å². The fraction of sp³-hybridized carbons (Fsp3) is 0.429. The zero-order valence-corrected chi connectivity index (χ0v) is 7.88. The molecule has 0 saturated heterocycles. The largest absolute Gasteiger partial charge is 0.476 e. The van der Waals surface area contributed by atoms with E-state index in [4.69, 9.17) is 10.8 Å². The number of aromatic nitrogens is 3. The summed E-state index contributed by atoms with van der Waals surface area (Å²) in [5.74, 6) is -1.40. The van der Waals surface area contributed by atoms with E-state index >= 15 is 0 Å². The molecule has 0 bridgehead atoms. The summed E-state index contributed by atoms with van der Waals surface area (Å²) in [6.07, 6.45) is 1.29. The van der Waals surface area contributed by atoms with Crippen molar-refractivity contribution in [1.82, 2.24) is 20.3 Å². The van der Waals surface area contributed by atoms with Gasteiger partial charge in [0.15, 0.2) is 5.69 Å². The Hall–Kier alpha value is -1.96. The van der Waals surface area contributed by atoms with Gasteiger partial charge in [-0.15, -0.1) is 5.10 Å². The Morgan fingerprint density at radius 2 is 2.33 bits per heavy atom. The second kappa shape index (κ2) is 5.05. The first kappa shape index (κ1) is 11.1. The Balaban J connectivity index is 2.38. The molecular formula is C7H11N5O3. The van der Waals surface area contributed by atoms with Crippen molar-refractivity contribution in [3.8, 4) is 0 Å². The van der Waals surface area contributed by atoms with Crippen molar-refractivity contribution in [2.24, 2.45) is 5.73 Å². The highest BCUT2D eigenvalue weighted by Gasteiger charge is 2.07. The second-order valence-electron chi connectivity index (χ2n) is 2.73. The number of amides is 1. The van der Waals surface area contributed by atoms with Crippen LogP contribution in [0, 0.1) is 0 Å². The van der Waals surface area contributed by atoms with Gasteiger partial charge in [-0.25, -0.2) is 9.48 Å². The van der Waals surface area contributed by atoms with Crippen molar-refractivity contribution >= 4 is 11.9 Å². The molecule has 0 spiro atoms. The maximum atomic E-state index is 10.7. The lowest BCUT2D eigenvalue weighted by Gasteiger charge is -2.01. The van der Waals surface area contributed by atoms with Crippen molar-refractivity contribution in [2.45, 2.75) is 6.54 Å². The minimum atomic E-state index is -1.13. The predicted molar refractivity (Wildman–Crippen MR) is 49.0 cm³/mol. The van der Waals surface area contributed by atoms with Crippen LogP contribution in [0.25, 0.3) is 0 Å². The Morgan fingerprint density at radius 1 is 1.60 bits per heavy atom. The molecule has 0 saturated carbocycles. The predicted octanol–water partition coefficient (Wildman–Crippen LogP) is -1.95. The molecule has 0 atom stereocenters. The molecule has 8 heteroatoms. The molecule has 0 aliphatic rings. The Kier molecular flexibility index (Phi) is 3.75. The minimum Gasteiger partial charge on any atom is -0.476 e. The highest BCUT2D eigenvalue weighted by molar-refractivity contribution is 5.84. The average molecular weight is 213 g/mol. The lowest BCUT2D eigenvalue weighted by molar-refractivity contribution is -0.119. The summed E-state index contributed by atoms with van der Waals surface area (Å²) in [5.41, 5.74) is 4.95. The SMILES string of the molecule is NCC(=O)NCCn1cc(C(=O)O)nn1. The van der Waals surface area contributed by atoms with Crippen molar-refractivity contribution in [1.29, 1.82) is 0 Å². The third kappa shape index (κ3) is 3.35. The van der Waals surface area contributed by atoms with Gasteiger partial charge in [0.25, 0.3) is 0 Å². The number of aromatic carboxylic acids is 1. The first-order valence-electron chi connectivity index (χ1n) is 4.23. The Bertz CT molecular complexity index is 361. The van der Waals surface area contributed by atoms with Gasteiger partial charge in [0.2, 0.25) is 5.91 Å². The maximum Gasteiger partial charge on any atom is 0.358 e. The van der Waals surface area contributed by atoms with E-state index in [-0.39, 0.29) is 18.1 Å². The summed E-state index contributed by atoms with van der Waals surface area (Å²) in [4.78, 5) is 21.2. The average Bonchev–Trinajstić information content (AvgIpc) is 2.66. The standard InChI is InChI=1S/C7H11N5O3/c8-3-6(13)9-1-2-12-4-5(7(14)15)10-11-12/h4H,1-3,8H2,(H,9,13)(H,14,15). The van der Waals surface area contributed by atoms with Crippen molar-refractivity contribution < 1.29 is 14.7 Å². The molecule has 0 radical (unpaired) electrons. The molecule has 82 valence electrons. The molecule has 1 rings (SSSR count). The van der Waals surface area contributed by atoms with Crippen LogP contribution in [0.15, 0.2) is 6.20 Å². The Morgan fingerprint density at radius 3 is 2.87 bits per heavy atom. The van der Waals surface area contributed by atoms with E-state index in [2.05, 4.69) is 15.6 Å². The zero-order chi connectivity index (χ0) is 11.3. The normalized spacial score (nSPS) is 9.93. The lowest BCUT2D eigenvalue weighted by Crippen LogP contribution is -2.32. The third-order valence-corrected chi connectivity index (χ3v) is 1.61. The molecule has 1 heterocycles. The van der Waals surface area contributed by atoms with E-state index in [1.54, 1.807) is 0 Å². The summed E-state index contributed by atoms with van der Waals surface area (Å²) >= 11 is 0. The zero-order valence-electron chi connectivity index (χ0n) is 7.88. The molecule has 0 fully saturated rings. The molecule has 0 unspecified atom stereocenters. The van der Waals surface area contributed by atoms with Gasteiger partial charge in [-0.1, -0.05) is 5.21 Å². The number of carboxylic acid groups (broad SMARTS) is 1. The molecule has 0 aliphatic heterocycles. The number of nitrogens with zero attached hydrogens (tertiary/aromatic N) is 3. The summed E-state index contributed by atoms with van der Waals surface area (Å²) in [6.45, 7) is 0.613. The summed E-state index contributed by atoms with van der Waals surface area (Å²) in [5, 5.41) is 18.0. The van der Waals surface area contributed by atoms with Crippen LogP contribution in [0.4, 0.5) is 0 Å². The van der Waals surface area contributed by atoms with Gasteiger partial charge in [0, 0.05) is 6.54 Å². The van der Waals surface area contributed by atoms with Crippen LogP contribution in [0.2, 0.25) is 0 Å². The van der Waals surface area contributed by atoms with E-state index in [1.807, 2.05) is 0 Å². The highest BCUT2D eigenvalue weighted by atomic mass is 16.4. The van der Waals surface area contributed by atoms with Gasteiger partial charge < -0.3 is 16.2 Å².